The molecule has 0 spiro atoms. The molecule has 0 aromatic heterocycles. The van der Waals surface area contributed by atoms with E-state index in [0.717, 1.165) is 23.5 Å². The fourth-order valence-electron chi connectivity index (χ4n) is 1.67. The van der Waals surface area contributed by atoms with Crippen LogP contribution in [0.5, 0.6) is 11.5 Å². The van der Waals surface area contributed by atoms with Crippen LogP contribution in [0.2, 0.25) is 0 Å². The Balaban J connectivity index is 2.95. The summed E-state index contributed by atoms with van der Waals surface area (Å²) in [7, 11) is 0. The van der Waals surface area contributed by atoms with Crippen LogP contribution in [-0.2, 0) is 6.42 Å². The molecule has 0 saturated heterocycles. The number of rotatable bonds is 7. The second-order valence-corrected chi connectivity index (χ2v) is 4.28. The Kier molecular flexibility index (Phi) is 6.61. The lowest BCUT2D eigenvalue weighted by Crippen LogP contribution is -2.18. The Morgan fingerprint density at radius 3 is 2.78 bits per heavy atom. The smallest absolute Gasteiger partial charge is 0.164 e. The molecule has 3 nitrogen and oxygen atoms in total. The van der Waals surface area contributed by atoms with Crippen molar-refractivity contribution in [2.45, 2.75) is 26.3 Å². The van der Waals surface area contributed by atoms with E-state index in [-0.39, 0.29) is 6.04 Å². The van der Waals surface area contributed by atoms with Gasteiger partial charge in [0, 0.05) is 11.6 Å². The van der Waals surface area contributed by atoms with Crippen molar-refractivity contribution >= 4 is 11.6 Å². The molecule has 1 atom stereocenters. The van der Waals surface area contributed by atoms with Crippen LogP contribution in [0.3, 0.4) is 0 Å². The Hall–Kier alpha value is -1.19. The lowest BCUT2D eigenvalue weighted by Gasteiger charge is -2.16. The van der Waals surface area contributed by atoms with E-state index in [1.54, 1.807) is 6.08 Å². The highest BCUT2D eigenvalue weighted by Gasteiger charge is 2.11. The predicted octanol–water partition coefficient (Wildman–Crippen LogP) is 3.11. The van der Waals surface area contributed by atoms with Crippen LogP contribution in [0.1, 0.15) is 19.4 Å². The summed E-state index contributed by atoms with van der Waals surface area (Å²) in [5.41, 5.74) is 8.33. The maximum Gasteiger partial charge on any atom is 0.164 e. The molecule has 0 aliphatic carbocycles. The van der Waals surface area contributed by atoms with E-state index in [9.17, 15) is 0 Å². The SMILES string of the molecule is CCOc1cccc(CC(C)N)c1OC/C=C/Cl. The van der Waals surface area contributed by atoms with Crippen LogP contribution >= 0.6 is 11.6 Å². The van der Waals surface area contributed by atoms with Crippen LogP contribution < -0.4 is 15.2 Å². The molecule has 18 heavy (non-hydrogen) atoms. The van der Waals surface area contributed by atoms with Gasteiger partial charge in [0.25, 0.3) is 0 Å². The number of nitrogens with two attached hydrogens (primary N) is 1. The standard InChI is InChI=1S/C14H20ClNO2/c1-3-17-13-7-4-6-12(10-11(2)16)14(13)18-9-5-8-15/h4-8,11H,3,9-10,16H2,1-2H3/b8-5+. The van der Waals surface area contributed by atoms with E-state index in [4.69, 9.17) is 26.8 Å². The van der Waals surface area contributed by atoms with E-state index in [1.165, 1.54) is 5.54 Å². The molecule has 1 aromatic rings. The second kappa shape index (κ2) is 8.01. The van der Waals surface area contributed by atoms with Gasteiger partial charge >= 0.3 is 0 Å². The summed E-state index contributed by atoms with van der Waals surface area (Å²) in [4.78, 5) is 0. The van der Waals surface area contributed by atoms with E-state index in [0.29, 0.717) is 13.2 Å². The maximum absolute atomic E-state index is 5.84. The molecule has 0 heterocycles. The van der Waals surface area contributed by atoms with Gasteiger partial charge in [-0.15, -0.1) is 0 Å². The fourth-order valence-corrected chi connectivity index (χ4v) is 1.74. The predicted molar refractivity (Wildman–Crippen MR) is 75.5 cm³/mol. The first-order chi connectivity index (χ1) is 8.69. The van der Waals surface area contributed by atoms with E-state index < -0.39 is 0 Å². The average molecular weight is 270 g/mol. The summed E-state index contributed by atoms with van der Waals surface area (Å²) >= 11 is 5.48. The number of para-hydroxylation sites is 1. The molecule has 2 N–H and O–H groups in total. The van der Waals surface area contributed by atoms with Crippen LogP contribution in [0, 0.1) is 0 Å². The van der Waals surface area contributed by atoms with E-state index in [2.05, 4.69) is 0 Å². The number of benzene rings is 1. The average Bonchev–Trinajstić information content (AvgIpc) is 2.32. The zero-order valence-corrected chi connectivity index (χ0v) is 11.6. The third-order valence-corrected chi connectivity index (χ3v) is 2.49. The number of hydrogen-bond acceptors (Lipinski definition) is 3. The summed E-state index contributed by atoms with van der Waals surface area (Å²) < 4.78 is 11.3. The molecule has 0 saturated carbocycles. The number of hydrogen-bond donors (Lipinski definition) is 1. The molecule has 4 heteroatoms. The van der Waals surface area contributed by atoms with Crippen molar-refractivity contribution in [3.05, 3.63) is 35.4 Å². The monoisotopic (exact) mass is 269 g/mol. The minimum atomic E-state index is 0.0767. The van der Waals surface area contributed by atoms with Crippen molar-refractivity contribution in [3.63, 3.8) is 0 Å². The Morgan fingerprint density at radius 2 is 2.17 bits per heavy atom. The van der Waals surface area contributed by atoms with Gasteiger partial charge in [0.2, 0.25) is 0 Å². The van der Waals surface area contributed by atoms with Crippen LogP contribution in [-0.4, -0.2) is 19.3 Å². The summed E-state index contributed by atoms with van der Waals surface area (Å²) in [6, 6.07) is 5.93. The number of halogens is 1. The highest BCUT2D eigenvalue weighted by molar-refractivity contribution is 6.25. The van der Waals surface area contributed by atoms with Gasteiger partial charge in [0.05, 0.1) is 6.61 Å². The Labute approximate surface area is 114 Å². The van der Waals surface area contributed by atoms with Crippen molar-refractivity contribution in [3.8, 4) is 11.5 Å². The third-order valence-electron chi connectivity index (χ3n) is 2.32. The van der Waals surface area contributed by atoms with Gasteiger partial charge < -0.3 is 15.2 Å². The lowest BCUT2D eigenvalue weighted by molar-refractivity contribution is 0.294. The maximum atomic E-state index is 5.84. The molecule has 1 aromatic carbocycles. The molecule has 1 rings (SSSR count). The molecule has 0 aliphatic heterocycles. The zero-order valence-electron chi connectivity index (χ0n) is 10.9. The van der Waals surface area contributed by atoms with Gasteiger partial charge in [-0.2, -0.15) is 0 Å². The molecular weight excluding hydrogens is 250 g/mol. The van der Waals surface area contributed by atoms with Crippen LogP contribution in [0.15, 0.2) is 29.8 Å². The van der Waals surface area contributed by atoms with Crippen LogP contribution in [0.25, 0.3) is 0 Å². The zero-order chi connectivity index (χ0) is 13.4. The molecule has 1 unspecified atom stereocenters. The highest BCUT2D eigenvalue weighted by Crippen LogP contribution is 2.32. The van der Waals surface area contributed by atoms with Gasteiger partial charge in [-0.3, -0.25) is 0 Å². The minimum absolute atomic E-state index is 0.0767. The van der Waals surface area contributed by atoms with Gasteiger partial charge in [-0.05, 0) is 38.0 Å². The summed E-state index contributed by atoms with van der Waals surface area (Å²) in [6.45, 7) is 4.93. The van der Waals surface area contributed by atoms with Crippen LogP contribution in [0.4, 0.5) is 0 Å². The second-order valence-electron chi connectivity index (χ2n) is 4.03. The topological polar surface area (TPSA) is 44.5 Å². The molecule has 0 fully saturated rings. The summed E-state index contributed by atoms with van der Waals surface area (Å²) in [6.07, 6.45) is 2.49. The molecule has 0 bridgehead atoms. The minimum Gasteiger partial charge on any atom is -0.490 e. The summed E-state index contributed by atoms with van der Waals surface area (Å²) in [5, 5.41) is 0. The van der Waals surface area contributed by atoms with Gasteiger partial charge in [-0.25, -0.2) is 0 Å². The molecule has 100 valence electrons. The quantitative estimate of drug-likeness (QED) is 0.827. The van der Waals surface area contributed by atoms with Crippen molar-refractivity contribution in [1.29, 1.82) is 0 Å². The molecular formula is C14H20ClNO2. The molecule has 0 aliphatic rings. The lowest BCUT2D eigenvalue weighted by atomic mass is 10.1. The van der Waals surface area contributed by atoms with Gasteiger partial charge in [0.15, 0.2) is 11.5 Å². The largest absolute Gasteiger partial charge is 0.490 e. The van der Waals surface area contributed by atoms with Gasteiger partial charge in [0.1, 0.15) is 6.61 Å². The fraction of sp³-hybridized carbons (Fsp3) is 0.429. The van der Waals surface area contributed by atoms with Crippen molar-refractivity contribution in [1.82, 2.24) is 0 Å². The molecule has 0 radical (unpaired) electrons. The Morgan fingerprint density at radius 1 is 1.39 bits per heavy atom. The van der Waals surface area contributed by atoms with Crippen molar-refractivity contribution in [2.24, 2.45) is 5.73 Å². The third kappa shape index (κ3) is 4.59. The normalized spacial score (nSPS) is 12.7. The Bertz CT molecular complexity index is 391. The van der Waals surface area contributed by atoms with E-state index in [1.807, 2.05) is 32.0 Å². The van der Waals surface area contributed by atoms with Crippen molar-refractivity contribution < 1.29 is 9.47 Å². The van der Waals surface area contributed by atoms with Gasteiger partial charge in [-0.1, -0.05) is 23.7 Å². The first-order valence-corrected chi connectivity index (χ1v) is 6.51. The van der Waals surface area contributed by atoms with Crippen molar-refractivity contribution in [2.75, 3.05) is 13.2 Å². The highest BCUT2D eigenvalue weighted by atomic mass is 35.5. The molecule has 0 amide bonds. The van der Waals surface area contributed by atoms with E-state index >= 15 is 0 Å². The summed E-state index contributed by atoms with van der Waals surface area (Å²) in [5.74, 6) is 1.50. The first kappa shape index (κ1) is 14.9. The number of ether oxygens (including phenoxy) is 2. The first-order valence-electron chi connectivity index (χ1n) is 6.07.